The number of hydrogen-bond donors (Lipinski definition) is 1. The fourth-order valence-corrected chi connectivity index (χ4v) is 2.59. The first-order chi connectivity index (χ1) is 6.91. The van der Waals surface area contributed by atoms with Crippen LogP contribution in [-0.2, 0) is 5.54 Å². The Morgan fingerprint density at radius 1 is 1.07 bits per heavy atom. The normalized spacial score (nSPS) is 29.3. The largest absolute Gasteiger partial charge is 0.303 e. The highest BCUT2D eigenvalue weighted by Gasteiger charge is 2.39. The average molecular weight is 224 g/mol. The zero-order valence-electron chi connectivity index (χ0n) is 9.60. The highest BCUT2D eigenvalue weighted by Crippen LogP contribution is 2.37. The van der Waals surface area contributed by atoms with Crippen LogP contribution in [0.25, 0.3) is 0 Å². The van der Waals surface area contributed by atoms with Crippen LogP contribution in [0.2, 0.25) is 5.02 Å². The SMILES string of the molecule is CC1(C)CCC(C)(c2ccc(Cl)cc2)N1. The third-order valence-corrected chi connectivity index (χ3v) is 3.60. The van der Waals surface area contributed by atoms with Crippen molar-refractivity contribution in [1.29, 1.82) is 0 Å². The molecule has 0 aromatic heterocycles. The molecule has 0 radical (unpaired) electrons. The van der Waals surface area contributed by atoms with Gasteiger partial charge < -0.3 is 5.32 Å². The Kier molecular flexibility index (Phi) is 2.56. The monoisotopic (exact) mass is 223 g/mol. The van der Waals surface area contributed by atoms with Crippen LogP contribution in [0.1, 0.15) is 39.2 Å². The molecule has 2 rings (SSSR count). The van der Waals surface area contributed by atoms with E-state index in [0.29, 0.717) is 0 Å². The number of halogens is 1. The summed E-state index contributed by atoms with van der Waals surface area (Å²) in [4.78, 5) is 0. The van der Waals surface area contributed by atoms with Crippen molar-refractivity contribution in [1.82, 2.24) is 5.32 Å². The molecule has 1 atom stereocenters. The summed E-state index contributed by atoms with van der Waals surface area (Å²) in [5.74, 6) is 0. The molecule has 0 saturated carbocycles. The van der Waals surface area contributed by atoms with Gasteiger partial charge in [0.25, 0.3) is 0 Å². The Balaban J connectivity index is 2.27. The van der Waals surface area contributed by atoms with E-state index in [1.54, 1.807) is 0 Å². The number of rotatable bonds is 1. The maximum Gasteiger partial charge on any atom is 0.0410 e. The molecule has 0 spiro atoms. The Morgan fingerprint density at radius 2 is 1.67 bits per heavy atom. The highest BCUT2D eigenvalue weighted by molar-refractivity contribution is 6.30. The minimum Gasteiger partial charge on any atom is -0.303 e. The lowest BCUT2D eigenvalue weighted by atomic mass is 9.90. The van der Waals surface area contributed by atoms with E-state index in [1.165, 1.54) is 18.4 Å². The van der Waals surface area contributed by atoms with Gasteiger partial charge in [-0.1, -0.05) is 23.7 Å². The molecule has 0 amide bonds. The molecular weight excluding hydrogens is 206 g/mol. The van der Waals surface area contributed by atoms with Crippen LogP contribution < -0.4 is 5.32 Å². The van der Waals surface area contributed by atoms with Gasteiger partial charge in [-0.15, -0.1) is 0 Å². The van der Waals surface area contributed by atoms with Crippen molar-refractivity contribution in [2.45, 2.75) is 44.7 Å². The lowest BCUT2D eigenvalue weighted by Crippen LogP contribution is -2.43. The summed E-state index contributed by atoms with van der Waals surface area (Å²) in [7, 11) is 0. The number of hydrogen-bond acceptors (Lipinski definition) is 1. The van der Waals surface area contributed by atoms with Gasteiger partial charge in [-0.3, -0.25) is 0 Å². The number of nitrogens with one attached hydrogen (secondary N) is 1. The predicted molar refractivity (Wildman–Crippen MR) is 65.3 cm³/mol. The fourth-order valence-electron chi connectivity index (χ4n) is 2.47. The molecule has 0 aliphatic carbocycles. The summed E-state index contributed by atoms with van der Waals surface area (Å²) in [5.41, 5.74) is 1.68. The van der Waals surface area contributed by atoms with Gasteiger partial charge in [0, 0.05) is 16.1 Å². The smallest absolute Gasteiger partial charge is 0.0410 e. The second kappa shape index (κ2) is 3.50. The third-order valence-electron chi connectivity index (χ3n) is 3.35. The van der Waals surface area contributed by atoms with Crippen LogP contribution in [0.3, 0.4) is 0 Å². The molecule has 0 bridgehead atoms. The molecular formula is C13H18ClN. The molecule has 82 valence electrons. The minimum atomic E-state index is 0.105. The van der Waals surface area contributed by atoms with Crippen molar-refractivity contribution in [2.75, 3.05) is 0 Å². The van der Waals surface area contributed by atoms with Crippen molar-refractivity contribution in [2.24, 2.45) is 0 Å². The average Bonchev–Trinajstić information content (AvgIpc) is 2.43. The second-order valence-corrected chi connectivity index (χ2v) is 5.78. The lowest BCUT2D eigenvalue weighted by Gasteiger charge is -2.29. The van der Waals surface area contributed by atoms with Crippen molar-refractivity contribution >= 4 is 11.6 Å². The van der Waals surface area contributed by atoms with E-state index in [1.807, 2.05) is 12.1 Å². The van der Waals surface area contributed by atoms with Crippen molar-refractivity contribution < 1.29 is 0 Å². The van der Waals surface area contributed by atoms with Gasteiger partial charge in [0.1, 0.15) is 0 Å². The van der Waals surface area contributed by atoms with E-state index >= 15 is 0 Å². The molecule has 1 aromatic carbocycles. The van der Waals surface area contributed by atoms with E-state index < -0.39 is 0 Å². The van der Waals surface area contributed by atoms with Crippen LogP contribution >= 0.6 is 11.6 Å². The van der Waals surface area contributed by atoms with Crippen molar-refractivity contribution in [3.8, 4) is 0 Å². The third kappa shape index (κ3) is 2.19. The first-order valence-corrected chi connectivity index (χ1v) is 5.85. The second-order valence-electron chi connectivity index (χ2n) is 5.35. The quantitative estimate of drug-likeness (QED) is 0.765. The van der Waals surface area contributed by atoms with Gasteiger partial charge in [-0.05, 0) is 51.3 Å². The van der Waals surface area contributed by atoms with E-state index in [9.17, 15) is 0 Å². The van der Waals surface area contributed by atoms with E-state index in [0.717, 1.165) is 5.02 Å². The standard InChI is InChI=1S/C13H18ClN/c1-12(2)8-9-13(3,15-12)10-4-6-11(14)7-5-10/h4-7,15H,8-9H2,1-3H3. The van der Waals surface area contributed by atoms with E-state index in [-0.39, 0.29) is 11.1 Å². The minimum absolute atomic E-state index is 0.105. The molecule has 1 heterocycles. The van der Waals surface area contributed by atoms with Gasteiger partial charge in [0.2, 0.25) is 0 Å². The van der Waals surface area contributed by atoms with Crippen molar-refractivity contribution in [3.63, 3.8) is 0 Å². The summed E-state index contributed by atoms with van der Waals surface area (Å²) >= 11 is 5.90. The van der Waals surface area contributed by atoms with Crippen LogP contribution in [0, 0.1) is 0 Å². The summed E-state index contributed by atoms with van der Waals surface area (Å²) in [6.45, 7) is 6.79. The summed E-state index contributed by atoms with van der Waals surface area (Å²) in [6, 6.07) is 8.18. The first-order valence-electron chi connectivity index (χ1n) is 5.47. The Hall–Kier alpha value is -0.530. The zero-order chi connectivity index (χ0) is 11.1. The summed E-state index contributed by atoms with van der Waals surface area (Å²) in [6.07, 6.45) is 2.40. The molecule has 1 unspecified atom stereocenters. The molecule has 1 saturated heterocycles. The number of benzene rings is 1. The topological polar surface area (TPSA) is 12.0 Å². The molecule has 2 heteroatoms. The molecule has 1 nitrogen and oxygen atoms in total. The molecule has 1 N–H and O–H groups in total. The molecule has 15 heavy (non-hydrogen) atoms. The Bertz CT molecular complexity index is 355. The predicted octanol–water partition coefficient (Wildman–Crippen LogP) is 3.72. The molecule has 1 aliphatic rings. The summed E-state index contributed by atoms with van der Waals surface area (Å²) < 4.78 is 0. The lowest BCUT2D eigenvalue weighted by molar-refractivity contribution is 0.353. The highest BCUT2D eigenvalue weighted by atomic mass is 35.5. The van der Waals surface area contributed by atoms with Gasteiger partial charge in [-0.2, -0.15) is 0 Å². The van der Waals surface area contributed by atoms with Crippen LogP contribution in [0.15, 0.2) is 24.3 Å². The van der Waals surface area contributed by atoms with Gasteiger partial charge in [-0.25, -0.2) is 0 Å². The molecule has 1 fully saturated rings. The zero-order valence-corrected chi connectivity index (χ0v) is 10.4. The fraction of sp³-hybridized carbons (Fsp3) is 0.538. The maximum atomic E-state index is 5.90. The van der Waals surface area contributed by atoms with Gasteiger partial charge in [0.05, 0.1) is 0 Å². The van der Waals surface area contributed by atoms with Gasteiger partial charge >= 0.3 is 0 Å². The summed E-state index contributed by atoms with van der Waals surface area (Å²) in [5, 5.41) is 4.50. The Morgan fingerprint density at radius 3 is 2.13 bits per heavy atom. The van der Waals surface area contributed by atoms with Crippen LogP contribution in [0.5, 0.6) is 0 Å². The molecule has 1 aromatic rings. The van der Waals surface area contributed by atoms with E-state index in [2.05, 4.69) is 38.2 Å². The maximum absolute atomic E-state index is 5.90. The first kappa shape index (κ1) is 11.0. The van der Waals surface area contributed by atoms with Crippen LogP contribution in [0.4, 0.5) is 0 Å². The molecule has 1 aliphatic heterocycles. The van der Waals surface area contributed by atoms with E-state index in [4.69, 9.17) is 11.6 Å². The van der Waals surface area contributed by atoms with Crippen molar-refractivity contribution in [3.05, 3.63) is 34.9 Å². The Labute approximate surface area is 96.8 Å². The van der Waals surface area contributed by atoms with Gasteiger partial charge in [0.15, 0.2) is 0 Å². The van der Waals surface area contributed by atoms with Crippen LogP contribution in [-0.4, -0.2) is 5.54 Å².